The van der Waals surface area contributed by atoms with Crippen molar-refractivity contribution in [2.24, 2.45) is 11.7 Å². The Morgan fingerprint density at radius 2 is 1.93 bits per heavy atom. The van der Waals surface area contributed by atoms with Crippen molar-refractivity contribution in [1.82, 2.24) is 10.6 Å². The lowest BCUT2D eigenvalue weighted by molar-refractivity contribution is -0.122. The highest BCUT2D eigenvalue weighted by Crippen LogP contribution is 2.28. The van der Waals surface area contributed by atoms with Gasteiger partial charge in [0, 0.05) is 32.0 Å². The average Bonchev–Trinajstić information content (AvgIpc) is 2.92. The molecule has 5 nitrogen and oxygen atoms in total. The summed E-state index contributed by atoms with van der Waals surface area (Å²) in [6.45, 7) is 1.88. The molecule has 1 aliphatic carbocycles. The summed E-state index contributed by atoms with van der Waals surface area (Å²) in [5, 5.41) is 5.83. The smallest absolute Gasteiger partial charge is 0.223 e. The SMILES string of the molecule is NC(=O)CCNCCNC(=O)C1CC1. The minimum absolute atomic E-state index is 0.154. The first-order valence-electron chi connectivity index (χ1n) is 4.97. The van der Waals surface area contributed by atoms with Crippen LogP contribution in [0.2, 0.25) is 0 Å². The number of primary amides is 1. The van der Waals surface area contributed by atoms with Gasteiger partial charge in [0.15, 0.2) is 0 Å². The van der Waals surface area contributed by atoms with Crippen molar-refractivity contribution in [3.63, 3.8) is 0 Å². The summed E-state index contributed by atoms with van der Waals surface area (Å²) >= 11 is 0. The molecule has 1 fully saturated rings. The van der Waals surface area contributed by atoms with Gasteiger partial charge in [-0.05, 0) is 12.8 Å². The second kappa shape index (κ2) is 5.59. The molecule has 1 saturated carbocycles. The highest BCUT2D eigenvalue weighted by Gasteiger charge is 2.28. The molecule has 0 aliphatic heterocycles. The number of carbonyl (C=O) groups is 2. The van der Waals surface area contributed by atoms with E-state index in [0.717, 1.165) is 12.8 Å². The zero-order chi connectivity index (χ0) is 10.4. The van der Waals surface area contributed by atoms with Gasteiger partial charge in [-0.15, -0.1) is 0 Å². The zero-order valence-electron chi connectivity index (χ0n) is 8.21. The lowest BCUT2D eigenvalue weighted by atomic mass is 10.4. The third-order valence-electron chi connectivity index (χ3n) is 2.10. The Labute approximate surface area is 83.4 Å². The van der Waals surface area contributed by atoms with Gasteiger partial charge in [0.1, 0.15) is 0 Å². The molecule has 4 N–H and O–H groups in total. The monoisotopic (exact) mass is 199 g/mol. The predicted octanol–water partition coefficient (Wildman–Crippen LogP) is -1.02. The standard InChI is InChI=1S/C9H17N3O2/c10-8(13)3-4-11-5-6-12-9(14)7-1-2-7/h7,11H,1-6H2,(H2,10,13)(H,12,14). The van der Waals surface area contributed by atoms with Gasteiger partial charge >= 0.3 is 0 Å². The molecular weight excluding hydrogens is 182 g/mol. The summed E-state index contributed by atoms with van der Waals surface area (Å²) in [7, 11) is 0. The molecule has 0 heterocycles. The summed E-state index contributed by atoms with van der Waals surface area (Å²) in [5.74, 6) is 0.113. The molecule has 0 atom stereocenters. The highest BCUT2D eigenvalue weighted by molar-refractivity contribution is 5.80. The number of hydrogen-bond acceptors (Lipinski definition) is 3. The van der Waals surface area contributed by atoms with Gasteiger partial charge in [0.25, 0.3) is 0 Å². The van der Waals surface area contributed by atoms with Crippen LogP contribution in [-0.2, 0) is 9.59 Å². The largest absolute Gasteiger partial charge is 0.370 e. The van der Waals surface area contributed by atoms with Crippen LogP contribution in [0.4, 0.5) is 0 Å². The third kappa shape index (κ3) is 4.81. The Bertz CT molecular complexity index is 214. The Hall–Kier alpha value is -1.10. The molecule has 0 spiro atoms. The summed E-state index contributed by atoms with van der Waals surface area (Å²) in [5.41, 5.74) is 4.95. The fraction of sp³-hybridized carbons (Fsp3) is 0.778. The number of nitrogens with one attached hydrogen (secondary N) is 2. The summed E-state index contributed by atoms with van der Waals surface area (Å²) < 4.78 is 0. The number of carbonyl (C=O) groups excluding carboxylic acids is 2. The lowest BCUT2D eigenvalue weighted by Crippen LogP contribution is -2.33. The van der Waals surface area contributed by atoms with E-state index in [4.69, 9.17) is 5.73 Å². The van der Waals surface area contributed by atoms with Gasteiger partial charge in [0.2, 0.25) is 11.8 Å². The second-order valence-corrected chi connectivity index (χ2v) is 3.53. The van der Waals surface area contributed by atoms with E-state index in [2.05, 4.69) is 10.6 Å². The molecule has 5 heteroatoms. The van der Waals surface area contributed by atoms with Crippen LogP contribution in [-0.4, -0.2) is 31.4 Å². The molecule has 14 heavy (non-hydrogen) atoms. The quantitative estimate of drug-likeness (QED) is 0.459. The van der Waals surface area contributed by atoms with E-state index < -0.39 is 0 Å². The minimum Gasteiger partial charge on any atom is -0.370 e. The summed E-state index contributed by atoms with van der Waals surface area (Å²) in [4.78, 5) is 21.5. The van der Waals surface area contributed by atoms with Gasteiger partial charge in [0.05, 0.1) is 0 Å². The fourth-order valence-electron chi connectivity index (χ4n) is 1.10. The van der Waals surface area contributed by atoms with Crippen molar-refractivity contribution >= 4 is 11.8 Å². The Kier molecular flexibility index (Phi) is 4.39. The van der Waals surface area contributed by atoms with Crippen molar-refractivity contribution in [3.05, 3.63) is 0 Å². The molecule has 0 saturated heterocycles. The van der Waals surface area contributed by atoms with Crippen LogP contribution in [0.5, 0.6) is 0 Å². The van der Waals surface area contributed by atoms with Crippen molar-refractivity contribution in [1.29, 1.82) is 0 Å². The molecule has 0 aromatic heterocycles. The topological polar surface area (TPSA) is 84.2 Å². The Balaban J connectivity index is 1.84. The molecule has 0 bridgehead atoms. The van der Waals surface area contributed by atoms with Crippen molar-refractivity contribution in [2.45, 2.75) is 19.3 Å². The molecule has 1 aliphatic rings. The van der Waals surface area contributed by atoms with Crippen LogP contribution in [0.25, 0.3) is 0 Å². The molecular formula is C9H17N3O2. The van der Waals surface area contributed by atoms with Crippen LogP contribution >= 0.6 is 0 Å². The maximum absolute atomic E-state index is 11.1. The average molecular weight is 199 g/mol. The van der Waals surface area contributed by atoms with Gasteiger partial charge in [-0.1, -0.05) is 0 Å². The van der Waals surface area contributed by atoms with E-state index in [1.165, 1.54) is 0 Å². The first kappa shape index (κ1) is 11.0. The molecule has 0 radical (unpaired) electrons. The van der Waals surface area contributed by atoms with Crippen molar-refractivity contribution < 1.29 is 9.59 Å². The van der Waals surface area contributed by atoms with Crippen molar-refractivity contribution in [2.75, 3.05) is 19.6 Å². The minimum atomic E-state index is -0.306. The molecule has 0 aromatic rings. The first-order chi connectivity index (χ1) is 6.70. The molecule has 1 rings (SSSR count). The molecule has 80 valence electrons. The third-order valence-corrected chi connectivity index (χ3v) is 2.10. The Morgan fingerprint density at radius 3 is 2.50 bits per heavy atom. The zero-order valence-corrected chi connectivity index (χ0v) is 8.21. The van der Waals surface area contributed by atoms with Crippen LogP contribution in [0, 0.1) is 5.92 Å². The molecule has 2 amide bonds. The number of rotatable bonds is 7. The van der Waals surface area contributed by atoms with E-state index in [0.29, 0.717) is 26.1 Å². The number of amides is 2. The van der Waals surface area contributed by atoms with E-state index >= 15 is 0 Å². The van der Waals surface area contributed by atoms with Gasteiger partial charge in [-0.25, -0.2) is 0 Å². The lowest BCUT2D eigenvalue weighted by Gasteiger charge is -2.04. The predicted molar refractivity (Wildman–Crippen MR) is 52.4 cm³/mol. The number of hydrogen-bond donors (Lipinski definition) is 3. The van der Waals surface area contributed by atoms with Gasteiger partial charge < -0.3 is 16.4 Å². The van der Waals surface area contributed by atoms with Crippen molar-refractivity contribution in [3.8, 4) is 0 Å². The van der Waals surface area contributed by atoms with Gasteiger partial charge in [-0.3, -0.25) is 9.59 Å². The van der Waals surface area contributed by atoms with Gasteiger partial charge in [-0.2, -0.15) is 0 Å². The van der Waals surface area contributed by atoms with E-state index in [1.807, 2.05) is 0 Å². The second-order valence-electron chi connectivity index (χ2n) is 3.53. The van der Waals surface area contributed by atoms with Crippen LogP contribution < -0.4 is 16.4 Å². The van der Waals surface area contributed by atoms with E-state index in [-0.39, 0.29) is 17.7 Å². The Morgan fingerprint density at radius 1 is 1.21 bits per heavy atom. The normalized spacial score (nSPS) is 15.1. The maximum Gasteiger partial charge on any atom is 0.223 e. The van der Waals surface area contributed by atoms with E-state index in [1.54, 1.807) is 0 Å². The van der Waals surface area contributed by atoms with Crippen LogP contribution in [0.3, 0.4) is 0 Å². The summed E-state index contributed by atoms with van der Waals surface area (Å²) in [6.07, 6.45) is 2.40. The number of nitrogens with two attached hydrogens (primary N) is 1. The highest BCUT2D eigenvalue weighted by atomic mass is 16.2. The molecule has 0 unspecified atom stereocenters. The van der Waals surface area contributed by atoms with Crippen LogP contribution in [0.1, 0.15) is 19.3 Å². The summed E-state index contributed by atoms with van der Waals surface area (Å²) in [6, 6.07) is 0. The van der Waals surface area contributed by atoms with E-state index in [9.17, 15) is 9.59 Å². The van der Waals surface area contributed by atoms with Crippen LogP contribution in [0.15, 0.2) is 0 Å². The maximum atomic E-state index is 11.1. The first-order valence-corrected chi connectivity index (χ1v) is 4.97. The fourth-order valence-corrected chi connectivity index (χ4v) is 1.10. The molecule has 0 aromatic carbocycles.